The van der Waals surface area contributed by atoms with Crippen molar-refractivity contribution in [3.8, 4) is 45.0 Å². The lowest BCUT2D eigenvalue weighted by molar-refractivity contribution is -0.00725. The van der Waals surface area contributed by atoms with E-state index in [-0.39, 0.29) is 66.0 Å². The second-order valence-corrected chi connectivity index (χ2v) is 28.2. The minimum Gasteiger partial charge on any atom is -0.450 e. The molecule has 4 aliphatic heterocycles. The van der Waals surface area contributed by atoms with Crippen LogP contribution in [-0.4, -0.2) is 192 Å². The number of carbonyl (C=O) groups is 2. The van der Waals surface area contributed by atoms with Gasteiger partial charge in [0, 0.05) is 160 Å². The number of nitrogens with one attached hydrogen (secondary N) is 1. The first kappa shape index (κ1) is 76.8. The molecule has 3 fully saturated rings. The second kappa shape index (κ2) is 34.5. The zero-order valence-electron chi connectivity index (χ0n) is 63.3. The third-order valence-corrected chi connectivity index (χ3v) is 20.5. The van der Waals surface area contributed by atoms with Crippen LogP contribution in [0.1, 0.15) is 119 Å². The van der Waals surface area contributed by atoms with Crippen LogP contribution in [0.15, 0.2) is 133 Å². The van der Waals surface area contributed by atoms with Crippen molar-refractivity contribution in [2.75, 3.05) is 70.6 Å². The summed E-state index contributed by atoms with van der Waals surface area (Å²) in [5.74, 6) is -0.315. The highest BCUT2D eigenvalue weighted by Crippen LogP contribution is 2.43. The van der Waals surface area contributed by atoms with Crippen LogP contribution in [0.25, 0.3) is 106 Å². The molecule has 0 unspecified atom stereocenters. The maximum Gasteiger partial charge on any atom is 0.414 e. The maximum absolute atomic E-state index is 13.7. The first-order chi connectivity index (χ1) is 54.1. The average Bonchev–Trinajstić information content (AvgIpc) is 1.74. The molecule has 0 aliphatic carbocycles. The summed E-state index contributed by atoms with van der Waals surface area (Å²) < 4.78 is 62.0. The lowest BCUT2D eigenvalue weighted by Gasteiger charge is -2.36. The van der Waals surface area contributed by atoms with Crippen LogP contribution in [0.4, 0.5) is 10.5 Å². The number of halogens is 1. The Morgan fingerprint density at radius 1 is 0.604 bits per heavy atom. The molecular formula is C78H88BrN19O13. The van der Waals surface area contributed by atoms with E-state index in [9.17, 15) is 19.2 Å². The molecular weight excluding hydrogens is 1490 g/mol. The van der Waals surface area contributed by atoms with Crippen LogP contribution < -0.4 is 16.3 Å². The number of aromatic amines is 1. The zero-order valence-corrected chi connectivity index (χ0v) is 64.9. The summed E-state index contributed by atoms with van der Waals surface area (Å²) in [4.78, 5) is 82.8. The number of carbonyl (C=O) groups excluding carboxylic acids is 2. The number of ether oxygens (including phenoxy) is 6. The second-order valence-electron chi connectivity index (χ2n) is 27.4. The molecule has 4 aliphatic rings. The van der Waals surface area contributed by atoms with Gasteiger partial charge in [0.15, 0.2) is 33.7 Å². The quantitative estimate of drug-likeness (QED) is 0.0547. The largest absolute Gasteiger partial charge is 0.450 e. The van der Waals surface area contributed by atoms with Crippen molar-refractivity contribution in [3.05, 3.63) is 143 Å². The van der Waals surface area contributed by atoms with E-state index in [1.54, 1.807) is 118 Å². The fourth-order valence-electron chi connectivity index (χ4n) is 14.6. The molecule has 1 N–H and O–H groups in total. The number of methoxy groups -OCH3 is 2. The number of fused-ring (bicyclic) bond motifs is 7. The van der Waals surface area contributed by atoms with Gasteiger partial charge in [0.25, 0.3) is 0 Å². The van der Waals surface area contributed by atoms with Crippen molar-refractivity contribution in [2.45, 2.75) is 128 Å². The first-order valence-corrected chi connectivity index (χ1v) is 38.4. The Balaban J connectivity index is 0.000000134. The number of anilines is 1. The molecule has 1 amide bonds. The molecule has 32 nitrogen and oxygen atoms in total. The number of aromatic nitrogens is 17. The van der Waals surface area contributed by atoms with E-state index in [2.05, 4.69) is 102 Å². The highest BCUT2D eigenvalue weighted by atomic mass is 79.9. The van der Waals surface area contributed by atoms with Crippen molar-refractivity contribution in [2.24, 2.45) is 26.1 Å². The molecule has 6 atom stereocenters. The molecule has 17 rings (SSSR count). The smallest absolute Gasteiger partial charge is 0.414 e. The summed E-state index contributed by atoms with van der Waals surface area (Å²) in [6.07, 6.45) is 32.6. The van der Waals surface area contributed by atoms with Crippen LogP contribution >= 0.6 is 15.9 Å². The number of rotatable bonds is 20. The van der Waals surface area contributed by atoms with Gasteiger partial charge in [0.05, 0.1) is 123 Å². The van der Waals surface area contributed by atoms with Crippen LogP contribution in [0.3, 0.4) is 0 Å². The van der Waals surface area contributed by atoms with Gasteiger partial charge in [-0.15, -0.1) is 0 Å². The van der Waals surface area contributed by atoms with Gasteiger partial charge < -0.3 is 41.7 Å². The molecule has 0 spiro atoms. The number of hydrogen-bond acceptors (Lipinski definition) is 24. The van der Waals surface area contributed by atoms with Crippen molar-refractivity contribution in [1.82, 2.24) is 83.4 Å². The molecule has 0 radical (unpaired) electrons. The molecule has 0 saturated carbocycles. The van der Waals surface area contributed by atoms with Gasteiger partial charge in [-0.05, 0) is 82.9 Å². The molecule has 580 valence electrons. The molecule has 13 aromatic rings. The molecule has 3 saturated heterocycles. The van der Waals surface area contributed by atoms with E-state index in [4.69, 9.17) is 36.9 Å². The predicted molar refractivity (Wildman–Crippen MR) is 419 cm³/mol. The van der Waals surface area contributed by atoms with Gasteiger partial charge in [-0.25, -0.2) is 14.4 Å². The molecule has 33 heteroatoms. The lowest BCUT2D eigenvalue weighted by Crippen LogP contribution is -2.46. The fraction of sp³-hybridized carbons (Fsp3) is 0.423. The monoisotopic (exact) mass is 1580 g/mol. The highest BCUT2D eigenvalue weighted by molar-refractivity contribution is 9.09. The van der Waals surface area contributed by atoms with Gasteiger partial charge in [-0.3, -0.25) is 62.6 Å². The predicted octanol–water partition coefficient (Wildman–Crippen LogP) is 12.2. The number of aliphatic imine (C=N–C) groups is 1. The molecule has 13 aromatic heterocycles. The summed E-state index contributed by atoms with van der Waals surface area (Å²) in [6, 6.07) is 5.47. The Hall–Kier alpha value is -11.0. The van der Waals surface area contributed by atoms with Crippen molar-refractivity contribution >= 4 is 100 Å². The van der Waals surface area contributed by atoms with Crippen molar-refractivity contribution in [1.29, 1.82) is 0 Å². The normalized spacial score (nSPS) is 18.4. The summed E-state index contributed by atoms with van der Waals surface area (Å²) in [6.45, 7) is 12.6. The summed E-state index contributed by atoms with van der Waals surface area (Å²) in [5, 5.41) is 27.1. The van der Waals surface area contributed by atoms with Gasteiger partial charge >= 0.3 is 17.5 Å². The average molecular weight is 1580 g/mol. The number of aryl methyl sites for hydroxylation is 3. The molecule has 0 bridgehead atoms. The number of pyridine rings is 3. The lowest BCUT2D eigenvalue weighted by atomic mass is 9.98. The Bertz CT molecular complexity index is 5640. The first-order valence-electron chi connectivity index (χ1n) is 37.3. The minimum absolute atomic E-state index is 0.00778. The number of ketones is 1. The number of alkyl halides is 1. The molecule has 111 heavy (non-hydrogen) atoms. The molecule has 0 aromatic carbocycles. The molecule has 17 heterocycles. The van der Waals surface area contributed by atoms with E-state index in [1.807, 2.05) is 61.6 Å². The van der Waals surface area contributed by atoms with Crippen LogP contribution in [0, 0.1) is 0 Å². The van der Waals surface area contributed by atoms with Crippen LogP contribution in [0.5, 0.6) is 0 Å². The van der Waals surface area contributed by atoms with Gasteiger partial charge in [0.2, 0.25) is 5.78 Å². The number of amides is 1. The summed E-state index contributed by atoms with van der Waals surface area (Å²) in [7, 11) is 8.74. The number of furan rings is 3. The highest BCUT2D eigenvalue weighted by Gasteiger charge is 2.39. The van der Waals surface area contributed by atoms with Gasteiger partial charge in [0.1, 0.15) is 28.1 Å². The summed E-state index contributed by atoms with van der Waals surface area (Å²) in [5.41, 5.74) is 11.5. The maximum atomic E-state index is 13.7. The third kappa shape index (κ3) is 16.3. The van der Waals surface area contributed by atoms with Crippen LogP contribution in [-0.2, 0) is 56.1 Å². The van der Waals surface area contributed by atoms with Gasteiger partial charge in [-0.1, -0.05) is 42.8 Å². The zero-order chi connectivity index (χ0) is 77.4. The van der Waals surface area contributed by atoms with Crippen molar-refractivity contribution in [3.63, 3.8) is 0 Å². The van der Waals surface area contributed by atoms with E-state index >= 15 is 0 Å². The topological polar surface area (TPSA) is 353 Å². The SMILES string of the molecule is CCOC(=O)N(c1c(C(=O)c2cnn(C)c2)oc2cnc(C3=CCN=C3)cc12)[C@H]1CCO[C@@H](CC)C1.CC[C@H]1C[C@@H](n2c(=O)nc(-c3cnn(C)c3)c3oc4cnc(-c5cn[nH]c5)cc4c32)CCO1.CC[C@H]1C[C@@H](n2c(=O)nc(-c3cnn(C)c3)c3oc4cnc(-c5cnn(CCOC)c5)cc4c32)CCO1.COCCBr. The number of allylic oxidation sites excluding steroid dienone is 1. The summed E-state index contributed by atoms with van der Waals surface area (Å²) >= 11 is 3.18. The Labute approximate surface area is 644 Å². The Morgan fingerprint density at radius 2 is 1.14 bits per heavy atom. The Kier molecular flexibility index (Phi) is 23.9. The van der Waals surface area contributed by atoms with Crippen molar-refractivity contribution < 1.29 is 51.3 Å². The fourth-order valence-corrected chi connectivity index (χ4v) is 14.9. The van der Waals surface area contributed by atoms with E-state index in [1.165, 1.54) is 6.20 Å². The van der Waals surface area contributed by atoms with Gasteiger partial charge in [-0.2, -0.15) is 35.5 Å². The minimum atomic E-state index is -0.526. The standard InChI is InChI=1S/C26H29N7O4.C26H29N5O5.C23H23N7O3.C3H7BrO/c1-4-19-9-18(5-7-36-19)33-24-20-10-21(16-11-29-32(15-16)6-8-35-3)27-13-22(20)37-25(24)23(30-26(33)34)17-12-28-31(2)14-17;1-4-19-10-18(7-9-35-19)31(26(33)34-5-2)23-20-11-21(16-6-8-27-12-16)28-14-22(20)36-25(23)24(32)17-13-29-30(3)15-17;1-3-16-6-15(4-5-32-16)30-21-17-7-18(13-8-25-26-9-13)24-11-19(17)33-22(21)20(28-23(30)31)14-10-27-29(2)12-14;1-5-3-2-4/h10-15,18-19H,4-9H2,1-3H3;6,11-15,18-19H,4-5,7-10H2,1-3H3;7-12,15-16H,3-6H2,1-2H3,(H,25,26);2-3H2,1H3/t2*18-,19-;15-,16-;/m000./s1. The van der Waals surface area contributed by atoms with E-state index in [0.717, 1.165) is 118 Å². The van der Waals surface area contributed by atoms with E-state index < -0.39 is 6.09 Å². The third-order valence-electron chi connectivity index (χ3n) is 20.2. The van der Waals surface area contributed by atoms with Crippen LogP contribution in [0.2, 0.25) is 0 Å². The van der Waals surface area contributed by atoms with E-state index in [0.29, 0.717) is 114 Å². The number of nitrogens with zero attached hydrogens (tertiary/aromatic N) is 18. The Morgan fingerprint density at radius 3 is 1.65 bits per heavy atom. The number of H-pyrrole nitrogens is 1. The number of hydrogen-bond donors (Lipinski definition) is 1.